The first-order chi connectivity index (χ1) is 14.7. The number of methoxy groups -OCH3 is 1. The van der Waals surface area contributed by atoms with E-state index in [0.717, 1.165) is 0 Å². The van der Waals surface area contributed by atoms with Gasteiger partial charge in [-0.25, -0.2) is 8.42 Å². The molecule has 1 heterocycles. The van der Waals surface area contributed by atoms with Gasteiger partial charge in [-0.3, -0.25) is 4.79 Å². The Labute approximate surface area is 191 Å². The molecule has 168 valence electrons. The lowest BCUT2D eigenvalue weighted by molar-refractivity contribution is -0.114. The predicted molar refractivity (Wildman–Crippen MR) is 121 cm³/mol. The summed E-state index contributed by atoms with van der Waals surface area (Å²) in [4.78, 5) is 12.5. The van der Waals surface area contributed by atoms with Crippen molar-refractivity contribution < 1.29 is 22.7 Å². The highest BCUT2D eigenvalue weighted by molar-refractivity contribution is 7.89. The van der Waals surface area contributed by atoms with E-state index in [-0.39, 0.29) is 17.3 Å². The maximum atomic E-state index is 13.0. The molecule has 1 amide bonds. The van der Waals surface area contributed by atoms with Gasteiger partial charge in [0.05, 0.1) is 41.8 Å². The topological polar surface area (TPSA) is 97.0 Å². The lowest BCUT2D eigenvalue weighted by Crippen LogP contribution is -2.40. The first kappa shape index (κ1) is 23.6. The molecule has 1 fully saturated rings. The number of nitrogens with one attached hydrogen (secondary N) is 2. The highest BCUT2D eigenvalue weighted by atomic mass is 35.5. The normalized spacial score (nSPS) is 14.8. The third-order valence-electron chi connectivity index (χ3n) is 4.72. The molecule has 0 aromatic heterocycles. The zero-order valence-corrected chi connectivity index (χ0v) is 19.4. The van der Waals surface area contributed by atoms with Gasteiger partial charge in [-0.05, 0) is 36.8 Å². The number of hydrogen-bond acceptors (Lipinski definition) is 6. The molecule has 1 aliphatic rings. The van der Waals surface area contributed by atoms with E-state index < -0.39 is 10.0 Å². The minimum absolute atomic E-state index is 0.0710. The van der Waals surface area contributed by atoms with Gasteiger partial charge in [0.25, 0.3) is 0 Å². The molecule has 8 nitrogen and oxygen atoms in total. The van der Waals surface area contributed by atoms with Crippen molar-refractivity contribution in [3.8, 4) is 5.75 Å². The number of anilines is 2. The molecule has 0 unspecified atom stereocenters. The smallest absolute Gasteiger partial charge is 0.243 e. The first-order valence-electron chi connectivity index (χ1n) is 9.47. The Morgan fingerprint density at radius 2 is 1.77 bits per heavy atom. The largest absolute Gasteiger partial charge is 0.494 e. The summed E-state index contributed by atoms with van der Waals surface area (Å²) < 4.78 is 37.7. The molecule has 2 N–H and O–H groups in total. The van der Waals surface area contributed by atoms with E-state index in [0.29, 0.717) is 59.0 Å². The summed E-state index contributed by atoms with van der Waals surface area (Å²) in [6.07, 6.45) is 0. The van der Waals surface area contributed by atoms with Crippen molar-refractivity contribution in [2.24, 2.45) is 0 Å². The molecule has 1 saturated heterocycles. The van der Waals surface area contributed by atoms with Crippen LogP contribution in [0, 0.1) is 6.92 Å². The van der Waals surface area contributed by atoms with Crippen molar-refractivity contribution in [2.45, 2.75) is 11.8 Å². The minimum Gasteiger partial charge on any atom is -0.494 e. The van der Waals surface area contributed by atoms with E-state index in [9.17, 15) is 13.2 Å². The molecule has 31 heavy (non-hydrogen) atoms. The number of amides is 1. The zero-order chi connectivity index (χ0) is 22.6. The molecule has 0 spiro atoms. The van der Waals surface area contributed by atoms with E-state index in [4.69, 9.17) is 32.7 Å². The maximum absolute atomic E-state index is 13.0. The molecule has 2 aromatic rings. The van der Waals surface area contributed by atoms with Gasteiger partial charge in [0.2, 0.25) is 15.9 Å². The van der Waals surface area contributed by atoms with Crippen LogP contribution in [0.15, 0.2) is 35.2 Å². The van der Waals surface area contributed by atoms with Gasteiger partial charge in [0, 0.05) is 24.5 Å². The fourth-order valence-corrected chi connectivity index (χ4v) is 5.43. The summed E-state index contributed by atoms with van der Waals surface area (Å²) in [5.74, 6) is -0.00589. The van der Waals surface area contributed by atoms with Gasteiger partial charge in [0.15, 0.2) is 5.75 Å². The predicted octanol–water partition coefficient (Wildman–Crippen LogP) is 3.38. The molecule has 0 saturated carbocycles. The lowest BCUT2D eigenvalue weighted by atomic mass is 10.2. The molecule has 3 rings (SSSR count). The number of carbonyl (C=O) groups is 1. The van der Waals surface area contributed by atoms with Crippen LogP contribution < -0.4 is 15.4 Å². The third kappa shape index (κ3) is 5.61. The van der Waals surface area contributed by atoms with Crippen LogP contribution >= 0.6 is 23.2 Å². The molecular formula is C20H23Cl2N3O5S. The van der Waals surface area contributed by atoms with Crippen LogP contribution in [-0.2, 0) is 19.6 Å². The van der Waals surface area contributed by atoms with Gasteiger partial charge < -0.3 is 20.1 Å². The van der Waals surface area contributed by atoms with Crippen molar-refractivity contribution >= 4 is 50.5 Å². The fraction of sp³-hybridized carbons (Fsp3) is 0.350. The molecule has 2 aromatic carbocycles. The van der Waals surface area contributed by atoms with Gasteiger partial charge in [-0.15, -0.1) is 0 Å². The van der Waals surface area contributed by atoms with Crippen molar-refractivity contribution in [3.05, 3.63) is 45.9 Å². The number of aryl methyl sites for hydroxylation is 1. The maximum Gasteiger partial charge on any atom is 0.243 e. The third-order valence-corrected chi connectivity index (χ3v) is 7.32. The minimum atomic E-state index is -3.68. The highest BCUT2D eigenvalue weighted by Gasteiger charge is 2.28. The Bertz CT molecular complexity index is 1050. The zero-order valence-electron chi connectivity index (χ0n) is 17.1. The van der Waals surface area contributed by atoms with Crippen molar-refractivity contribution in [1.82, 2.24) is 4.31 Å². The summed E-state index contributed by atoms with van der Waals surface area (Å²) in [6, 6.07) is 7.99. The number of sulfonamides is 1. The van der Waals surface area contributed by atoms with Crippen molar-refractivity contribution in [1.29, 1.82) is 0 Å². The average molecular weight is 488 g/mol. The number of nitrogens with zero attached hydrogens (tertiary/aromatic N) is 1. The van der Waals surface area contributed by atoms with Crippen molar-refractivity contribution in [2.75, 3.05) is 50.6 Å². The van der Waals surface area contributed by atoms with Crippen LogP contribution in [-0.4, -0.2) is 58.6 Å². The second-order valence-electron chi connectivity index (χ2n) is 6.87. The molecule has 0 bridgehead atoms. The Kier molecular flexibility index (Phi) is 7.66. The summed E-state index contributed by atoms with van der Waals surface area (Å²) in [7, 11) is -2.22. The molecule has 11 heteroatoms. The number of morpholine rings is 1. The van der Waals surface area contributed by atoms with E-state index in [1.165, 1.54) is 17.5 Å². The van der Waals surface area contributed by atoms with Crippen LogP contribution in [0.3, 0.4) is 0 Å². The molecule has 0 radical (unpaired) electrons. The molecular weight excluding hydrogens is 465 g/mol. The van der Waals surface area contributed by atoms with E-state index in [1.807, 2.05) is 0 Å². The Morgan fingerprint density at radius 3 is 2.39 bits per heavy atom. The van der Waals surface area contributed by atoms with Gasteiger partial charge >= 0.3 is 0 Å². The van der Waals surface area contributed by atoms with E-state index in [2.05, 4.69) is 10.6 Å². The Balaban J connectivity index is 1.69. The molecule has 1 aliphatic heterocycles. The number of carbonyl (C=O) groups excluding carboxylic acids is 1. The average Bonchev–Trinajstić information content (AvgIpc) is 2.74. The lowest BCUT2D eigenvalue weighted by Gasteiger charge is -2.26. The molecule has 0 aliphatic carbocycles. The summed E-state index contributed by atoms with van der Waals surface area (Å²) >= 11 is 12.2. The fourth-order valence-electron chi connectivity index (χ4n) is 3.13. The SMILES string of the molecule is COc1c(Cl)cc(NCC(=O)Nc2ccc(C)c(S(=O)(=O)N3CCOCC3)c2)cc1Cl. The van der Waals surface area contributed by atoms with E-state index in [1.54, 1.807) is 31.2 Å². The van der Waals surface area contributed by atoms with Crippen LogP contribution in [0.2, 0.25) is 10.0 Å². The number of ether oxygens (including phenoxy) is 2. The van der Waals surface area contributed by atoms with Crippen LogP contribution in [0.1, 0.15) is 5.56 Å². The van der Waals surface area contributed by atoms with Crippen LogP contribution in [0.5, 0.6) is 5.75 Å². The number of hydrogen-bond donors (Lipinski definition) is 2. The van der Waals surface area contributed by atoms with Gasteiger partial charge in [-0.1, -0.05) is 29.3 Å². The van der Waals surface area contributed by atoms with Gasteiger partial charge in [0.1, 0.15) is 0 Å². The monoisotopic (exact) mass is 487 g/mol. The second kappa shape index (κ2) is 10.1. The summed E-state index contributed by atoms with van der Waals surface area (Å²) in [5, 5.41) is 6.26. The number of benzene rings is 2. The van der Waals surface area contributed by atoms with Crippen LogP contribution in [0.25, 0.3) is 0 Å². The van der Waals surface area contributed by atoms with Crippen molar-refractivity contribution in [3.63, 3.8) is 0 Å². The Hall–Kier alpha value is -2.04. The van der Waals surface area contributed by atoms with Crippen LogP contribution in [0.4, 0.5) is 11.4 Å². The molecule has 0 atom stereocenters. The number of rotatable bonds is 7. The number of halogens is 2. The quantitative estimate of drug-likeness (QED) is 0.621. The summed E-state index contributed by atoms with van der Waals surface area (Å²) in [5.41, 5.74) is 1.53. The first-order valence-corrected chi connectivity index (χ1v) is 11.7. The Morgan fingerprint density at radius 1 is 1.13 bits per heavy atom. The highest BCUT2D eigenvalue weighted by Crippen LogP contribution is 2.35. The standard InChI is InChI=1S/C20H23Cl2N3O5S/c1-13-3-4-14(11-18(13)31(27,28)25-5-7-30-8-6-25)24-19(26)12-23-15-9-16(21)20(29-2)17(22)10-15/h3-4,9-11,23H,5-8,12H2,1-2H3,(H,24,26). The van der Waals surface area contributed by atoms with Gasteiger partial charge in [-0.2, -0.15) is 4.31 Å². The van der Waals surface area contributed by atoms with E-state index >= 15 is 0 Å². The summed E-state index contributed by atoms with van der Waals surface area (Å²) in [6.45, 7) is 2.97. The second-order valence-corrected chi connectivity index (χ2v) is 9.59.